The van der Waals surface area contributed by atoms with E-state index in [0.29, 0.717) is 19.7 Å². The van der Waals surface area contributed by atoms with Crippen molar-refractivity contribution in [1.82, 2.24) is 9.88 Å². The Hall–Kier alpha value is -2.44. The molecule has 1 spiro atoms. The maximum Gasteiger partial charge on any atom is 0.257 e. The van der Waals surface area contributed by atoms with E-state index in [9.17, 15) is 4.79 Å². The van der Waals surface area contributed by atoms with E-state index in [1.54, 1.807) is 6.20 Å². The lowest BCUT2D eigenvalue weighted by Gasteiger charge is -2.49. The summed E-state index contributed by atoms with van der Waals surface area (Å²) in [4.78, 5) is 22.3. The Balaban J connectivity index is 1.30. The Morgan fingerprint density at radius 2 is 1.85 bits per heavy atom. The predicted molar refractivity (Wildman–Crippen MR) is 128 cm³/mol. The number of hydrogen-bond acceptors (Lipinski definition) is 5. The molecule has 0 radical (unpaired) electrons. The Bertz CT molecular complexity index is 937. The maximum atomic E-state index is 13.5. The fourth-order valence-corrected chi connectivity index (χ4v) is 5.72. The number of hydrogen-bond donors (Lipinski definition) is 0. The van der Waals surface area contributed by atoms with E-state index in [2.05, 4.69) is 41.1 Å². The number of piperidine rings is 1. The molecule has 0 aliphatic carbocycles. The summed E-state index contributed by atoms with van der Waals surface area (Å²) in [6, 6.07) is 14.3. The Morgan fingerprint density at radius 3 is 2.58 bits per heavy atom. The SMILES string of the molecule is CCO[C@H]1C[C@@H](c2ccccc2)OC2(CCN(C(=O)c3cccnc3N3CCCC3)CC2)C1. The van der Waals surface area contributed by atoms with Crippen molar-refractivity contribution in [2.24, 2.45) is 0 Å². The molecule has 6 nitrogen and oxygen atoms in total. The van der Waals surface area contributed by atoms with Gasteiger partial charge >= 0.3 is 0 Å². The zero-order chi connectivity index (χ0) is 22.7. The minimum Gasteiger partial charge on any atom is -0.378 e. The average molecular weight is 450 g/mol. The van der Waals surface area contributed by atoms with Crippen molar-refractivity contribution in [3.05, 3.63) is 59.8 Å². The summed E-state index contributed by atoms with van der Waals surface area (Å²) in [7, 11) is 0. The van der Waals surface area contributed by atoms with Gasteiger partial charge in [0.05, 0.1) is 23.4 Å². The lowest BCUT2D eigenvalue weighted by molar-refractivity contribution is -0.190. The number of nitrogens with zero attached hydrogens (tertiary/aromatic N) is 3. The highest BCUT2D eigenvalue weighted by atomic mass is 16.5. The molecule has 2 aromatic rings. The van der Waals surface area contributed by atoms with Gasteiger partial charge in [-0.1, -0.05) is 30.3 Å². The van der Waals surface area contributed by atoms with Crippen LogP contribution >= 0.6 is 0 Å². The third-order valence-electron chi connectivity index (χ3n) is 7.43. The van der Waals surface area contributed by atoms with Crippen LogP contribution in [0.1, 0.15) is 67.5 Å². The van der Waals surface area contributed by atoms with Gasteiger partial charge in [-0.05, 0) is 50.3 Å². The van der Waals surface area contributed by atoms with Crippen LogP contribution in [0.4, 0.5) is 5.82 Å². The highest BCUT2D eigenvalue weighted by molar-refractivity contribution is 5.99. The van der Waals surface area contributed by atoms with Gasteiger partial charge in [-0.25, -0.2) is 4.98 Å². The molecule has 5 rings (SSSR count). The van der Waals surface area contributed by atoms with Gasteiger partial charge in [-0.2, -0.15) is 0 Å². The number of aromatic nitrogens is 1. The zero-order valence-electron chi connectivity index (χ0n) is 19.6. The van der Waals surface area contributed by atoms with E-state index >= 15 is 0 Å². The molecular weight excluding hydrogens is 414 g/mol. The van der Waals surface area contributed by atoms with Crippen molar-refractivity contribution >= 4 is 11.7 Å². The van der Waals surface area contributed by atoms with Gasteiger partial charge in [-0.15, -0.1) is 0 Å². The molecule has 4 heterocycles. The van der Waals surface area contributed by atoms with Crippen molar-refractivity contribution in [3.8, 4) is 0 Å². The molecule has 0 bridgehead atoms. The molecule has 3 aliphatic heterocycles. The third kappa shape index (κ3) is 4.78. The molecule has 6 heteroatoms. The van der Waals surface area contributed by atoms with Crippen molar-refractivity contribution < 1.29 is 14.3 Å². The van der Waals surface area contributed by atoms with Crippen LogP contribution in [0, 0.1) is 0 Å². The van der Waals surface area contributed by atoms with E-state index in [4.69, 9.17) is 9.47 Å². The topological polar surface area (TPSA) is 54.9 Å². The van der Waals surface area contributed by atoms with Gasteiger partial charge in [0, 0.05) is 51.8 Å². The van der Waals surface area contributed by atoms with E-state index in [-0.39, 0.29) is 23.7 Å². The summed E-state index contributed by atoms with van der Waals surface area (Å²) in [6.07, 6.45) is 7.82. The van der Waals surface area contributed by atoms with Crippen LogP contribution in [0.5, 0.6) is 0 Å². The fourth-order valence-electron chi connectivity index (χ4n) is 5.72. The largest absolute Gasteiger partial charge is 0.378 e. The lowest BCUT2D eigenvalue weighted by Crippen LogP contribution is -2.52. The summed E-state index contributed by atoms with van der Waals surface area (Å²) in [5, 5.41) is 0. The molecule has 2 atom stereocenters. The van der Waals surface area contributed by atoms with Gasteiger partial charge in [0.1, 0.15) is 5.82 Å². The molecule has 1 aromatic carbocycles. The van der Waals surface area contributed by atoms with Gasteiger partial charge in [0.15, 0.2) is 0 Å². The first-order valence-corrected chi connectivity index (χ1v) is 12.5. The summed E-state index contributed by atoms with van der Waals surface area (Å²) < 4.78 is 12.9. The smallest absolute Gasteiger partial charge is 0.257 e. The number of benzene rings is 1. The number of rotatable bonds is 5. The van der Waals surface area contributed by atoms with Crippen LogP contribution in [-0.4, -0.2) is 60.3 Å². The predicted octanol–water partition coefficient (Wildman–Crippen LogP) is 4.61. The van der Waals surface area contributed by atoms with Crippen LogP contribution in [-0.2, 0) is 9.47 Å². The molecule has 176 valence electrons. The van der Waals surface area contributed by atoms with Crippen molar-refractivity contribution in [3.63, 3.8) is 0 Å². The molecule has 0 saturated carbocycles. The van der Waals surface area contributed by atoms with Crippen LogP contribution in [0.3, 0.4) is 0 Å². The summed E-state index contributed by atoms with van der Waals surface area (Å²) in [6.45, 7) is 6.14. The van der Waals surface area contributed by atoms with E-state index in [1.807, 2.05) is 23.1 Å². The zero-order valence-corrected chi connectivity index (χ0v) is 19.6. The summed E-state index contributed by atoms with van der Waals surface area (Å²) in [5.41, 5.74) is 1.71. The first kappa shape index (κ1) is 22.4. The molecule has 3 aliphatic rings. The highest BCUT2D eigenvalue weighted by Gasteiger charge is 2.45. The van der Waals surface area contributed by atoms with E-state index < -0.39 is 0 Å². The molecule has 0 N–H and O–H groups in total. The van der Waals surface area contributed by atoms with E-state index in [0.717, 1.165) is 63.0 Å². The Morgan fingerprint density at radius 1 is 1.09 bits per heavy atom. The second-order valence-corrected chi connectivity index (χ2v) is 9.58. The van der Waals surface area contributed by atoms with Crippen molar-refractivity contribution in [2.45, 2.75) is 63.3 Å². The second-order valence-electron chi connectivity index (χ2n) is 9.58. The second kappa shape index (κ2) is 9.82. The minimum absolute atomic E-state index is 0.0406. The fraction of sp³-hybridized carbons (Fsp3) is 0.556. The number of carbonyl (C=O) groups is 1. The normalized spacial score (nSPS) is 24.9. The van der Waals surface area contributed by atoms with Crippen LogP contribution in [0.15, 0.2) is 48.7 Å². The average Bonchev–Trinajstić information content (AvgIpc) is 3.40. The lowest BCUT2D eigenvalue weighted by atomic mass is 9.80. The summed E-state index contributed by atoms with van der Waals surface area (Å²) >= 11 is 0. The molecular formula is C27H35N3O3. The van der Waals surface area contributed by atoms with Crippen molar-refractivity contribution in [1.29, 1.82) is 0 Å². The number of anilines is 1. The first-order chi connectivity index (χ1) is 16.2. The first-order valence-electron chi connectivity index (χ1n) is 12.5. The standard InChI is InChI=1S/C27H35N3O3/c1-2-32-22-19-24(21-9-4-3-5-10-21)33-27(20-22)12-17-30(18-13-27)26(31)23-11-8-14-28-25(23)29-15-6-7-16-29/h3-5,8-11,14,22,24H,2,6-7,12-13,15-20H2,1H3/t22-,24-/m0/s1. The van der Waals surface area contributed by atoms with E-state index in [1.165, 1.54) is 5.56 Å². The van der Waals surface area contributed by atoms with Crippen molar-refractivity contribution in [2.75, 3.05) is 37.7 Å². The highest BCUT2D eigenvalue weighted by Crippen LogP contribution is 2.44. The third-order valence-corrected chi connectivity index (χ3v) is 7.43. The molecule has 1 amide bonds. The molecule has 33 heavy (non-hydrogen) atoms. The quantitative estimate of drug-likeness (QED) is 0.667. The Kier molecular flexibility index (Phi) is 6.65. The Labute approximate surface area is 196 Å². The maximum absolute atomic E-state index is 13.5. The molecule has 1 aromatic heterocycles. The number of pyridine rings is 1. The number of ether oxygens (including phenoxy) is 2. The van der Waals surface area contributed by atoms with Gasteiger partial charge < -0.3 is 19.3 Å². The van der Waals surface area contributed by atoms with Gasteiger partial charge in [-0.3, -0.25) is 4.79 Å². The van der Waals surface area contributed by atoms with Gasteiger partial charge in [0.25, 0.3) is 5.91 Å². The monoisotopic (exact) mass is 449 g/mol. The molecule has 3 fully saturated rings. The van der Waals surface area contributed by atoms with Crippen LogP contribution in [0.25, 0.3) is 0 Å². The number of carbonyl (C=O) groups excluding carboxylic acids is 1. The summed E-state index contributed by atoms with van der Waals surface area (Å²) in [5.74, 6) is 0.936. The number of likely N-dealkylation sites (tertiary alicyclic amines) is 1. The van der Waals surface area contributed by atoms with Gasteiger partial charge in [0.2, 0.25) is 0 Å². The van der Waals surface area contributed by atoms with Crippen LogP contribution < -0.4 is 4.90 Å². The minimum atomic E-state index is -0.234. The van der Waals surface area contributed by atoms with Crippen LogP contribution in [0.2, 0.25) is 0 Å². The molecule has 3 saturated heterocycles. The number of amides is 1. The molecule has 0 unspecified atom stereocenters.